The molecule has 0 bridgehead atoms. The molecule has 8 nitrogen and oxygen atoms in total. The van der Waals surface area contributed by atoms with E-state index in [1.807, 2.05) is 32.0 Å². The highest BCUT2D eigenvalue weighted by Gasteiger charge is 2.29. The Hall–Kier alpha value is -2.21. The molecule has 0 spiro atoms. The third kappa shape index (κ3) is 4.90. The molecule has 32 heavy (non-hydrogen) atoms. The van der Waals surface area contributed by atoms with Gasteiger partial charge in [0.1, 0.15) is 10.6 Å². The van der Waals surface area contributed by atoms with Crippen LogP contribution in [0.5, 0.6) is 0 Å². The average molecular weight is 492 g/mol. The molecule has 1 amide bonds. The maximum absolute atomic E-state index is 12.7. The summed E-state index contributed by atoms with van der Waals surface area (Å²) in [7, 11) is -3.41. The minimum absolute atomic E-state index is 0.0272. The van der Waals surface area contributed by atoms with Gasteiger partial charge in [0.05, 0.1) is 16.9 Å². The van der Waals surface area contributed by atoms with E-state index in [1.54, 1.807) is 28.4 Å². The molecule has 1 aromatic carbocycles. The van der Waals surface area contributed by atoms with Crippen LogP contribution >= 0.6 is 23.1 Å². The molecule has 170 valence electrons. The van der Waals surface area contributed by atoms with Gasteiger partial charge in [0.15, 0.2) is 5.16 Å². The van der Waals surface area contributed by atoms with Crippen LogP contribution in [-0.2, 0) is 20.6 Å². The Morgan fingerprint density at radius 2 is 1.81 bits per heavy atom. The molecule has 3 heterocycles. The van der Waals surface area contributed by atoms with Gasteiger partial charge >= 0.3 is 0 Å². The minimum Gasteiger partial charge on any atom is -0.383 e. The number of anilines is 1. The third-order valence-corrected chi connectivity index (χ3v) is 9.32. The predicted molar refractivity (Wildman–Crippen MR) is 129 cm³/mol. The SMILES string of the molecule is Cc1sc2nc(SCC(=O)N3CCN(S(=O)(=O)Cc4ccccc4)CC3)nc(N)c2c1C. The van der Waals surface area contributed by atoms with Crippen LogP contribution in [0, 0.1) is 13.8 Å². The van der Waals surface area contributed by atoms with Gasteiger partial charge in [0.2, 0.25) is 15.9 Å². The summed E-state index contributed by atoms with van der Waals surface area (Å²) in [5, 5.41) is 1.37. The Morgan fingerprint density at radius 1 is 1.12 bits per heavy atom. The summed E-state index contributed by atoms with van der Waals surface area (Å²) in [6.07, 6.45) is 0. The van der Waals surface area contributed by atoms with Crippen molar-refractivity contribution in [1.29, 1.82) is 0 Å². The number of hydrogen-bond acceptors (Lipinski definition) is 8. The molecule has 0 atom stereocenters. The topological polar surface area (TPSA) is 109 Å². The molecule has 4 rings (SSSR count). The molecule has 11 heteroatoms. The second kappa shape index (κ2) is 9.34. The summed E-state index contributed by atoms with van der Waals surface area (Å²) in [6.45, 7) is 5.38. The average Bonchev–Trinajstić information content (AvgIpc) is 3.06. The molecule has 3 aromatic rings. The van der Waals surface area contributed by atoms with E-state index in [9.17, 15) is 13.2 Å². The monoisotopic (exact) mass is 491 g/mol. The van der Waals surface area contributed by atoms with Crippen molar-refractivity contribution < 1.29 is 13.2 Å². The first kappa shape index (κ1) is 23.0. The summed E-state index contributed by atoms with van der Waals surface area (Å²) in [6, 6.07) is 9.13. The van der Waals surface area contributed by atoms with Crippen molar-refractivity contribution in [3.8, 4) is 0 Å². The molecule has 0 unspecified atom stereocenters. The van der Waals surface area contributed by atoms with Crippen molar-refractivity contribution in [2.24, 2.45) is 0 Å². The lowest BCUT2D eigenvalue weighted by atomic mass is 10.2. The molecule has 1 saturated heterocycles. The Kier molecular flexibility index (Phi) is 6.70. The standard InChI is InChI=1S/C21H25N5O3S3/c1-14-15(2)31-20-18(14)19(22)23-21(24-20)30-12-17(27)25-8-10-26(11-9-25)32(28,29)13-16-6-4-3-5-7-16/h3-7H,8-13H2,1-2H3,(H2,22,23,24). The Morgan fingerprint density at radius 3 is 2.50 bits per heavy atom. The molecule has 1 aliphatic rings. The number of sulfonamides is 1. The first-order valence-electron chi connectivity index (χ1n) is 10.2. The number of benzene rings is 1. The number of nitrogens with two attached hydrogens (primary N) is 1. The van der Waals surface area contributed by atoms with Crippen molar-refractivity contribution in [3.05, 3.63) is 46.3 Å². The number of hydrogen-bond donors (Lipinski definition) is 1. The Bertz CT molecular complexity index is 1240. The number of fused-ring (bicyclic) bond motifs is 1. The normalized spacial score (nSPS) is 15.4. The van der Waals surface area contributed by atoms with Crippen LogP contribution in [0.15, 0.2) is 35.5 Å². The summed E-state index contributed by atoms with van der Waals surface area (Å²) >= 11 is 2.83. The second-order valence-corrected chi connectivity index (χ2v) is 11.8. The quantitative estimate of drug-likeness (QED) is 0.417. The number of rotatable bonds is 6. The van der Waals surface area contributed by atoms with Gasteiger partial charge in [-0.25, -0.2) is 18.4 Å². The zero-order valence-electron chi connectivity index (χ0n) is 17.9. The van der Waals surface area contributed by atoms with E-state index < -0.39 is 10.0 Å². The zero-order valence-corrected chi connectivity index (χ0v) is 20.4. The van der Waals surface area contributed by atoms with Gasteiger partial charge in [-0.05, 0) is 25.0 Å². The molecule has 0 saturated carbocycles. The lowest BCUT2D eigenvalue weighted by Crippen LogP contribution is -2.51. The van der Waals surface area contributed by atoms with Crippen LogP contribution < -0.4 is 5.73 Å². The summed E-state index contributed by atoms with van der Waals surface area (Å²) in [5.74, 6) is 0.533. The number of carbonyl (C=O) groups excluding carboxylic acids is 1. The first-order chi connectivity index (χ1) is 15.2. The highest BCUT2D eigenvalue weighted by atomic mass is 32.2. The van der Waals surface area contributed by atoms with Gasteiger partial charge < -0.3 is 10.6 Å². The highest BCUT2D eigenvalue weighted by molar-refractivity contribution is 7.99. The number of nitrogen functional groups attached to an aromatic ring is 1. The van der Waals surface area contributed by atoms with E-state index >= 15 is 0 Å². The van der Waals surface area contributed by atoms with Crippen molar-refractivity contribution >= 4 is 55.1 Å². The summed E-state index contributed by atoms with van der Waals surface area (Å²) < 4.78 is 26.9. The largest absolute Gasteiger partial charge is 0.383 e. The number of piperazine rings is 1. The maximum atomic E-state index is 12.7. The number of thioether (sulfide) groups is 1. The van der Waals surface area contributed by atoms with Gasteiger partial charge in [-0.1, -0.05) is 42.1 Å². The van der Waals surface area contributed by atoms with E-state index in [0.717, 1.165) is 26.2 Å². The fraction of sp³-hybridized carbons (Fsp3) is 0.381. The fourth-order valence-corrected chi connectivity index (χ4v) is 7.00. The number of amides is 1. The van der Waals surface area contributed by atoms with Gasteiger partial charge in [-0.3, -0.25) is 4.79 Å². The lowest BCUT2D eigenvalue weighted by molar-refractivity contribution is -0.129. The van der Waals surface area contributed by atoms with E-state index in [2.05, 4.69) is 9.97 Å². The van der Waals surface area contributed by atoms with Crippen LogP contribution in [0.4, 0.5) is 5.82 Å². The molecule has 0 radical (unpaired) electrons. The van der Waals surface area contributed by atoms with Crippen molar-refractivity contribution in [2.75, 3.05) is 37.7 Å². The van der Waals surface area contributed by atoms with Gasteiger partial charge in [-0.2, -0.15) is 4.31 Å². The number of thiophene rings is 1. The molecular weight excluding hydrogens is 466 g/mol. The Balaban J connectivity index is 1.32. The van der Waals surface area contributed by atoms with E-state index in [1.165, 1.54) is 16.1 Å². The second-order valence-electron chi connectivity index (χ2n) is 7.67. The van der Waals surface area contributed by atoms with Crippen LogP contribution in [0.2, 0.25) is 0 Å². The number of nitrogens with zero attached hydrogens (tertiary/aromatic N) is 4. The molecule has 0 aliphatic carbocycles. The molecular formula is C21H25N5O3S3. The minimum atomic E-state index is -3.41. The third-order valence-electron chi connectivity index (χ3n) is 5.54. The van der Waals surface area contributed by atoms with Gasteiger partial charge in [0.25, 0.3) is 0 Å². The van der Waals surface area contributed by atoms with Crippen LogP contribution in [0.25, 0.3) is 10.2 Å². The molecule has 2 aromatic heterocycles. The molecule has 1 aliphatic heterocycles. The highest BCUT2D eigenvalue weighted by Crippen LogP contribution is 2.33. The fourth-order valence-electron chi connectivity index (χ4n) is 3.63. The van der Waals surface area contributed by atoms with Crippen LogP contribution in [-0.4, -0.2) is 65.4 Å². The van der Waals surface area contributed by atoms with Gasteiger partial charge in [0, 0.05) is 31.1 Å². The smallest absolute Gasteiger partial charge is 0.233 e. The predicted octanol–water partition coefficient (Wildman–Crippen LogP) is 2.66. The molecule has 1 fully saturated rings. The Labute approximate surface area is 195 Å². The van der Waals surface area contributed by atoms with E-state index in [4.69, 9.17) is 5.73 Å². The van der Waals surface area contributed by atoms with Crippen molar-refractivity contribution in [1.82, 2.24) is 19.2 Å². The van der Waals surface area contributed by atoms with Gasteiger partial charge in [-0.15, -0.1) is 11.3 Å². The van der Waals surface area contributed by atoms with Crippen molar-refractivity contribution in [3.63, 3.8) is 0 Å². The maximum Gasteiger partial charge on any atom is 0.233 e. The van der Waals surface area contributed by atoms with Crippen molar-refractivity contribution in [2.45, 2.75) is 24.8 Å². The number of aryl methyl sites for hydroxylation is 2. The first-order valence-corrected chi connectivity index (χ1v) is 13.6. The summed E-state index contributed by atoms with van der Waals surface area (Å²) in [5.41, 5.74) is 7.97. The van der Waals surface area contributed by atoms with E-state index in [-0.39, 0.29) is 17.4 Å². The van der Waals surface area contributed by atoms with E-state index in [0.29, 0.717) is 37.2 Å². The summed E-state index contributed by atoms with van der Waals surface area (Å²) in [4.78, 5) is 25.3. The zero-order chi connectivity index (χ0) is 22.9. The number of carbonyl (C=O) groups is 1. The van der Waals surface area contributed by atoms with Crippen LogP contribution in [0.3, 0.4) is 0 Å². The molecule has 2 N–H and O–H groups in total. The lowest BCUT2D eigenvalue weighted by Gasteiger charge is -2.34. The number of aromatic nitrogens is 2. The van der Waals surface area contributed by atoms with Crippen LogP contribution in [0.1, 0.15) is 16.0 Å².